The normalized spacial score (nSPS) is 11.0. The Bertz CT molecular complexity index is 613. The van der Waals surface area contributed by atoms with E-state index in [0.717, 1.165) is 17.9 Å². The molecule has 0 amide bonds. The summed E-state index contributed by atoms with van der Waals surface area (Å²) in [6, 6.07) is 6.46. The molecule has 2 N–H and O–H groups in total. The molecule has 0 atom stereocenters. The molecule has 2 rings (SSSR count). The summed E-state index contributed by atoms with van der Waals surface area (Å²) in [7, 11) is 1.69. The van der Waals surface area contributed by atoms with Gasteiger partial charge in [-0.05, 0) is 24.6 Å². The molecule has 1 heterocycles. The molecule has 0 spiro atoms. The van der Waals surface area contributed by atoms with Crippen LogP contribution in [0.1, 0.15) is 18.3 Å². The Labute approximate surface area is 146 Å². The predicted octanol–water partition coefficient (Wildman–Crippen LogP) is 1.92. The van der Waals surface area contributed by atoms with E-state index in [1.807, 2.05) is 17.6 Å². The van der Waals surface area contributed by atoms with E-state index in [-0.39, 0.29) is 29.8 Å². The molecule has 120 valence electrons. The topological polar surface area (TPSA) is 67.1 Å². The Balaban J connectivity index is 0.00000242. The second kappa shape index (κ2) is 9.34. The SMILES string of the molecule is CCn1cnnc1CNC(=NC)NCc1cccc(F)c1.I. The lowest BCUT2D eigenvalue weighted by atomic mass is 10.2. The van der Waals surface area contributed by atoms with E-state index in [0.29, 0.717) is 19.0 Å². The average Bonchev–Trinajstić information content (AvgIpc) is 2.95. The molecule has 8 heteroatoms. The van der Waals surface area contributed by atoms with Crippen molar-refractivity contribution in [3.8, 4) is 0 Å². The minimum atomic E-state index is -0.242. The standard InChI is InChI=1S/C14H19FN6.HI/c1-3-21-10-19-20-13(21)9-18-14(16-2)17-8-11-5-4-6-12(15)7-11;/h4-7,10H,3,8-9H2,1-2H3,(H2,16,17,18);1H. The van der Waals surface area contributed by atoms with Crippen molar-refractivity contribution in [3.05, 3.63) is 47.8 Å². The molecule has 0 bridgehead atoms. The fraction of sp³-hybridized carbons (Fsp3) is 0.357. The molecule has 1 aromatic heterocycles. The molecule has 0 aliphatic rings. The van der Waals surface area contributed by atoms with Crippen LogP contribution >= 0.6 is 24.0 Å². The predicted molar refractivity (Wildman–Crippen MR) is 94.5 cm³/mol. The summed E-state index contributed by atoms with van der Waals surface area (Å²) >= 11 is 0. The highest BCUT2D eigenvalue weighted by Crippen LogP contribution is 2.02. The quantitative estimate of drug-likeness (QED) is 0.443. The van der Waals surface area contributed by atoms with Gasteiger partial charge in [0.15, 0.2) is 11.8 Å². The van der Waals surface area contributed by atoms with Gasteiger partial charge in [-0.3, -0.25) is 4.99 Å². The molecule has 2 aromatic rings. The van der Waals surface area contributed by atoms with E-state index < -0.39 is 0 Å². The minimum Gasteiger partial charge on any atom is -0.352 e. The van der Waals surface area contributed by atoms with Crippen LogP contribution in [0.5, 0.6) is 0 Å². The number of benzene rings is 1. The van der Waals surface area contributed by atoms with Gasteiger partial charge in [0.1, 0.15) is 12.1 Å². The van der Waals surface area contributed by atoms with E-state index in [2.05, 4.69) is 25.8 Å². The van der Waals surface area contributed by atoms with Crippen molar-refractivity contribution in [2.75, 3.05) is 7.05 Å². The van der Waals surface area contributed by atoms with Crippen LogP contribution in [0.15, 0.2) is 35.6 Å². The number of rotatable bonds is 5. The van der Waals surface area contributed by atoms with Gasteiger partial charge < -0.3 is 15.2 Å². The molecule has 0 aliphatic carbocycles. The summed E-state index contributed by atoms with van der Waals surface area (Å²) in [4.78, 5) is 4.12. The molecule has 0 saturated carbocycles. The monoisotopic (exact) mass is 418 g/mol. The number of nitrogens with one attached hydrogen (secondary N) is 2. The maximum absolute atomic E-state index is 13.1. The van der Waals surface area contributed by atoms with Crippen LogP contribution in [0.2, 0.25) is 0 Å². The van der Waals surface area contributed by atoms with Crippen molar-refractivity contribution in [3.63, 3.8) is 0 Å². The zero-order valence-electron chi connectivity index (χ0n) is 12.6. The van der Waals surface area contributed by atoms with Crippen molar-refractivity contribution >= 4 is 29.9 Å². The Kier molecular flexibility index (Phi) is 7.78. The van der Waals surface area contributed by atoms with E-state index in [9.17, 15) is 4.39 Å². The number of nitrogens with zero attached hydrogens (tertiary/aromatic N) is 4. The third kappa shape index (κ3) is 5.24. The van der Waals surface area contributed by atoms with E-state index in [1.165, 1.54) is 12.1 Å². The van der Waals surface area contributed by atoms with Crippen molar-refractivity contribution in [1.29, 1.82) is 0 Å². The number of halogens is 2. The highest BCUT2D eigenvalue weighted by atomic mass is 127. The third-order valence-electron chi connectivity index (χ3n) is 3.02. The summed E-state index contributed by atoms with van der Waals surface area (Å²) in [5.41, 5.74) is 0.856. The number of aromatic nitrogens is 3. The molecule has 0 unspecified atom stereocenters. The van der Waals surface area contributed by atoms with E-state index in [4.69, 9.17) is 0 Å². The fourth-order valence-electron chi connectivity index (χ4n) is 1.90. The van der Waals surface area contributed by atoms with Crippen LogP contribution in [0, 0.1) is 5.82 Å². The molecule has 0 fully saturated rings. The molecule has 22 heavy (non-hydrogen) atoms. The van der Waals surface area contributed by atoms with Crippen molar-refractivity contribution in [2.45, 2.75) is 26.6 Å². The highest BCUT2D eigenvalue weighted by Gasteiger charge is 2.04. The first-order valence-electron chi connectivity index (χ1n) is 6.78. The zero-order chi connectivity index (χ0) is 15.1. The molecule has 6 nitrogen and oxygen atoms in total. The summed E-state index contributed by atoms with van der Waals surface area (Å²) in [6.45, 7) is 3.87. The van der Waals surface area contributed by atoms with Crippen LogP contribution in [-0.2, 0) is 19.6 Å². The molecular weight excluding hydrogens is 398 g/mol. The molecule has 0 saturated heterocycles. The first-order chi connectivity index (χ1) is 10.2. The number of aliphatic imine (C=N–C) groups is 1. The summed E-state index contributed by atoms with van der Waals surface area (Å²) in [5.74, 6) is 1.23. The van der Waals surface area contributed by atoms with Gasteiger partial charge in [0.05, 0.1) is 6.54 Å². The van der Waals surface area contributed by atoms with Gasteiger partial charge in [-0.15, -0.1) is 34.2 Å². The van der Waals surface area contributed by atoms with Gasteiger partial charge in [0.2, 0.25) is 0 Å². The van der Waals surface area contributed by atoms with Crippen molar-refractivity contribution in [2.24, 2.45) is 4.99 Å². The first-order valence-corrected chi connectivity index (χ1v) is 6.78. The second-order valence-electron chi connectivity index (χ2n) is 4.44. The minimum absolute atomic E-state index is 0. The zero-order valence-corrected chi connectivity index (χ0v) is 14.9. The van der Waals surface area contributed by atoms with Gasteiger partial charge >= 0.3 is 0 Å². The Morgan fingerprint density at radius 1 is 1.32 bits per heavy atom. The smallest absolute Gasteiger partial charge is 0.191 e. The first kappa shape index (κ1) is 18.3. The lowest BCUT2D eigenvalue weighted by Crippen LogP contribution is -2.37. The Hall–Kier alpha value is -1.71. The Morgan fingerprint density at radius 3 is 2.77 bits per heavy atom. The summed E-state index contributed by atoms with van der Waals surface area (Å²) < 4.78 is 15.1. The number of hydrogen-bond acceptors (Lipinski definition) is 3. The largest absolute Gasteiger partial charge is 0.352 e. The van der Waals surface area contributed by atoms with Crippen LogP contribution in [0.25, 0.3) is 0 Å². The summed E-state index contributed by atoms with van der Waals surface area (Å²) in [6.07, 6.45) is 1.69. The fourth-order valence-corrected chi connectivity index (χ4v) is 1.90. The summed E-state index contributed by atoms with van der Waals surface area (Å²) in [5, 5.41) is 14.2. The number of hydrogen-bond donors (Lipinski definition) is 2. The van der Waals surface area contributed by atoms with Crippen LogP contribution in [0.3, 0.4) is 0 Å². The Morgan fingerprint density at radius 2 is 2.09 bits per heavy atom. The highest BCUT2D eigenvalue weighted by molar-refractivity contribution is 14.0. The maximum atomic E-state index is 13.1. The lowest BCUT2D eigenvalue weighted by Gasteiger charge is -2.12. The average molecular weight is 418 g/mol. The third-order valence-corrected chi connectivity index (χ3v) is 3.02. The van der Waals surface area contributed by atoms with Crippen LogP contribution in [0.4, 0.5) is 4.39 Å². The van der Waals surface area contributed by atoms with Crippen LogP contribution < -0.4 is 10.6 Å². The van der Waals surface area contributed by atoms with Gasteiger partial charge in [-0.1, -0.05) is 12.1 Å². The van der Waals surface area contributed by atoms with Gasteiger partial charge in [0.25, 0.3) is 0 Å². The van der Waals surface area contributed by atoms with Gasteiger partial charge in [-0.25, -0.2) is 4.39 Å². The molecule has 0 aliphatic heterocycles. The number of aryl methyl sites for hydroxylation is 1. The van der Waals surface area contributed by atoms with Crippen molar-refractivity contribution < 1.29 is 4.39 Å². The maximum Gasteiger partial charge on any atom is 0.191 e. The van der Waals surface area contributed by atoms with E-state index >= 15 is 0 Å². The molecule has 1 aromatic carbocycles. The lowest BCUT2D eigenvalue weighted by molar-refractivity contribution is 0.624. The van der Waals surface area contributed by atoms with E-state index in [1.54, 1.807) is 19.4 Å². The van der Waals surface area contributed by atoms with Crippen LogP contribution in [-0.4, -0.2) is 27.8 Å². The van der Waals surface area contributed by atoms with Crippen molar-refractivity contribution in [1.82, 2.24) is 25.4 Å². The number of guanidine groups is 1. The molecule has 0 radical (unpaired) electrons. The van der Waals surface area contributed by atoms with Gasteiger partial charge in [0, 0.05) is 20.1 Å². The molecular formula is C14H20FIN6. The van der Waals surface area contributed by atoms with Gasteiger partial charge in [-0.2, -0.15) is 0 Å². The second-order valence-corrected chi connectivity index (χ2v) is 4.44.